The lowest BCUT2D eigenvalue weighted by Gasteiger charge is -2.15. The highest BCUT2D eigenvalue weighted by Crippen LogP contribution is 2.40. The van der Waals surface area contributed by atoms with Crippen molar-refractivity contribution in [2.75, 3.05) is 27.4 Å². The molecule has 8 nitrogen and oxygen atoms in total. The van der Waals surface area contributed by atoms with Crippen LogP contribution < -0.4 is 19.6 Å². The summed E-state index contributed by atoms with van der Waals surface area (Å²) in [4.78, 5) is 25.4. The van der Waals surface area contributed by atoms with Crippen LogP contribution in [-0.2, 0) is 9.53 Å². The fraction of sp³-hybridized carbons (Fsp3) is 0.308. The van der Waals surface area contributed by atoms with Gasteiger partial charge in [-0.3, -0.25) is 4.79 Å². The van der Waals surface area contributed by atoms with E-state index in [-0.39, 0.29) is 35.9 Å². The zero-order chi connectivity index (χ0) is 24.4. The largest absolute Gasteiger partial charge is 0.493 e. The zero-order valence-corrected chi connectivity index (χ0v) is 19.7. The van der Waals surface area contributed by atoms with Crippen LogP contribution in [-0.4, -0.2) is 33.4 Å². The van der Waals surface area contributed by atoms with E-state index in [2.05, 4.69) is 0 Å². The van der Waals surface area contributed by atoms with E-state index in [9.17, 15) is 9.59 Å². The van der Waals surface area contributed by atoms with Crippen LogP contribution in [0.1, 0.15) is 32.4 Å². The maximum atomic E-state index is 13.6. The van der Waals surface area contributed by atoms with E-state index in [1.807, 2.05) is 19.9 Å². The molecule has 0 bridgehead atoms. The predicted octanol–water partition coefficient (Wildman–Crippen LogP) is 5.29. The molecule has 2 aromatic heterocycles. The highest BCUT2D eigenvalue weighted by molar-refractivity contribution is 6.03. The van der Waals surface area contributed by atoms with Gasteiger partial charge in [0.05, 0.1) is 37.2 Å². The van der Waals surface area contributed by atoms with Crippen molar-refractivity contribution in [3.63, 3.8) is 0 Å². The Kier molecular flexibility index (Phi) is 6.49. The van der Waals surface area contributed by atoms with Gasteiger partial charge in [0, 0.05) is 17.5 Å². The minimum Gasteiger partial charge on any atom is -0.493 e. The van der Waals surface area contributed by atoms with Crippen LogP contribution in [0.4, 0.5) is 0 Å². The van der Waals surface area contributed by atoms with Crippen molar-refractivity contribution in [1.82, 2.24) is 0 Å². The number of fused-ring (bicyclic) bond motifs is 3. The molecule has 0 atom stereocenters. The van der Waals surface area contributed by atoms with Gasteiger partial charge in [0.1, 0.15) is 28.9 Å². The Balaban J connectivity index is 1.88. The number of rotatable bonds is 8. The molecule has 0 unspecified atom stereocenters. The van der Waals surface area contributed by atoms with Crippen LogP contribution in [0.5, 0.6) is 17.2 Å². The van der Waals surface area contributed by atoms with Gasteiger partial charge in [0.2, 0.25) is 5.43 Å². The molecule has 0 radical (unpaired) electrons. The molecule has 0 saturated heterocycles. The highest BCUT2D eigenvalue weighted by Gasteiger charge is 2.21. The molecule has 178 valence electrons. The topological polar surface area (TPSA) is 97.3 Å². The Morgan fingerprint density at radius 1 is 0.971 bits per heavy atom. The third kappa shape index (κ3) is 4.19. The summed E-state index contributed by atoms with van der Waals surface area (Å²) >= 11 is 0. The van der Waals surface area contributed by atoms with Crippen molar-refractivity contribution in [1.29, 1.82) is 0 Å². The average molecular weight is 466 g/mol. The number of esters is 1. The lowest BCUT2D eigenvalue weighted by atomic mass is 10.0. The van der Waals surface area contributed by atoms with Gasteiger partial charge in [-0.05, 0) is 31.2 Å². The summed E-state index contributed by atoms with van der Waals surface area (Å²) in [7, 11) is 2.98. The molecule has 0 N–H and O–H groups in total. The van der Waals surface area contributed by atoms with Crippen LogP contribution in [0, 0.1) is 0 Å². The Morgan fingerprint density at radius 2 is 1.71 bits per heavy atom. The number of ether oxygens (including phenoxy) is 4. The number of benzene rings is 2. The molecule has 0 aliphatic rings. The first-order chi connectivity index (χ1) is 16.4. The molecule has 4 rings (SSSR count). The molecule has 2 aromatic carbocycles. The number of furan rings is 1. The predicted molar refractivity (Wildman–Crippen MR) is 127 cm³/mol. The maximum Gasteiger partial charge on any atom is 0.344 e. The van der Waals surface area contributed by atoms with E-state index in [0.29, 0.717) is 33.6 Å². The Labute approximate surface area is 196 Å². The average Bonchev–Trinajstić information content (AvgIpc) is 3.28. The van der Waals surface area contributed by atoms with Gasteiger partial charge >= 0.3 is 5.97 Å². The molecule has 0 aliphatic heterocycles. The Bertz CT molecular complexity index is 1410. The minimum atomic E-state index is -0.530. The third-order valence-corrected chi connectivity index (χ3v) is 5.45. The summed E-state index contributed by atoms with van der Waals surface area (Å²) in [6, 6.07) is 8.52. The summed E-state index contributed by atoms with van der Waals surface area (Å²) in [5, 5.41) is 1.13. The van der Waals surface area contributed by atoms with Crippen molar-refractivity contribution in [2.45, 2.75) is 26.7 Å². The second-order valence-electron chi connectivity index (χ2n) is 7.93. The van der Waals surface area contributed by atoms with Crippen molar-refractivity contribution in [2.24, 2.45) is 0 Å². The molecule has 8 heteroatoms. The van der Waals surface area contributed by atoms with Crippen LogP contribution in [0.2, 0.25) is 0 Å². The lowest BCUT2D eigenvalue weighted by molar-refractivity contribution is -0.145. The van der Waals surface area contributed by atoms with Crippen LogP contribution in [0.15, 0.2) is 50.2 Å². The van der Waals surface area contributed by atoms with E-state index in [0.717, 1.165) is 11.1 Å². The lowest BCUT2D eigenvalue weighted by Crippen LogP contribution is -2.15. The normalized spacial score (nSPS) is 11.2. The summed E-state index contributed by atoms with van der Waals surface area (Å²) in [6.45, 7) is 5.67. The fourth-order valence-electron chi connectivity index (χ4n) is 3.73. The first-order valence-electron chi connectivity index (χ1n) is 10.9. The van der Waals surface area contributed by atoms with Crippen LogP contribution >= 0.6 is 0 Å². The van der Waals surface area contributed by atoms with E-state index in [1.54, 1.807) is 31.2 Å². The van der Waals surface area contributed by atoms with Crippen LogP contribution in [0.3, 0.4) is 0 Å². The molecular formula is C26H26O8. The van der Waals surface area contributed by atoms with E-state index in [4.69, 9.17) is 27.8 Å². The molecule has 0 spiro atoms. The monoisotopic (exact) mass is 466 g/mol. The van der Waals surface area contributed by atoms with Gasteiger partial charge in [-0.25, -0.2) is 4.79 Å². The first-order valence-corrected chi connectivity index (χ1v) is 10.9. The van der Waals surface area contributed by atoms with Gasteiger partial charge in [-0.2, -0.15) is 0 Å². The molecule has 0 amide bonds. The molecule has 2 heterocycles. The SMILES string of the molecule is CCOC(=O)COc1cc(OC)c(OC)cc1-c1coc2c(ccc3oc(C(C)C)cc32)c1=O. The maximum absolute atomic E-state index is 13.6. The third-order valence-electron chi connectivity index (χ3n) is 5.45. The highest BCUT2D eigenvalue weighted by atomic mass is 16.6. The molecule has 0 saturated carbocycles. The van der Waals surface area contributed by atoms with Crippen LogP contribution in [0.25, 0.3) is 33.1 Å². The summed E-state index contributed by atoms with van der Waals surface area (Å²) < 4.78 is 33.3. The Hall–Kier alpha value is -3.94. The minimum absolute atomic E-state index is 0.194. The zero-order valence-electron chi connectivity index (χ0n) is 19.7. The summed E-state index contributed by atoms with van der Waals surface area (Å²) in [6.07, 6.45) is 1.38. The van der Waals surface area contributed by atoms with Crippen molar-refractivity contribution >= 4 is 27.9 Å². The summed E-state index contributed by atoms with van der Waals surface area (Å²) in [5.74, 6) is 1.51. The molecule has 4 aromatic rings. The second-order valence-corrected chi connectivity index (χ2v) is 7.93. The number of hydrogen-bond acceptors (Lipinski definition) is 8. The van der Waals surface area contributed by atoms with Crippen molar-refractivity contribution < 1.29 is 32.6 Å². The number of methoxy groups -OCH3 is 2. The van der Waals surface area contributed by atoms with E-state index < -0.39 is 5.97 Å². The Morgan fingerprint density at radius 3 is 2.38 bits per heavy atom. The van der Waals surface area contributed by atoms with Gasteiger partial charge in [0.15, 0.2) is 18.1 Å². The van der Waals surface area contributed by atoms with Crippen molar-refractivity contribution in [3.8, 4) is 28.4 Å². The van der Waals surface area contributed by atoms with E-state index >= 15 is 0 Å². The molecule has 0 aliphatic carbocycles. The number of carbonyl (C=O) groups is 1. The quantitative estimate of drug-likeness (QED) is 0.323. The van der Waals surface area contributed by atoms with Gasteiger partial charge in [0.25, 0.3) is 0 Å². The molecule has 34 heavy (non-hydrogen) atoms. The molecule has 0 fully saturated rings. The van der Waals surface area contributed by atoms with Gasteiger partial charge in [-0.15, -0.1) is 0 Å². The second kappa shape index (κ2) is 9.51. The standard InChI is InChI=1S/C26H26O8/c1-6-31-24(27)13-32-21-11-23(30-5)22(29-4)9-16(21)18-12-33-26-15(25(18)28)7-8-19-17(26)10-20(34-19)14(2)3/h7-12,14H,6,13H2,1-5H3. The van der Waals surface area contributed by atoms with E-state index in [1.165, 1.54) is 20.5 Å². The number of hydrogen-bond donors (Lipinski definition) is 0. The first kappa shape index (κ1) is 23.2. The fourth-order valence-corrected chi connectivity index (χ4v) is 3.73. The molecular weight excluding hydrogens is 440 g/mol. The summed E-state index contributed by atoms with van der Waals surface area (Å²) in [5.41, 5.74) is 1.48. The number of carbonyl (C=O) groups excluding carboxylic acids is 1. The van der Waals surface area contributed by atoms with Gasteiger partial charge in [-0.1, -0.05) is 13.8 Å². The van der Waals surface area contributed by atoms with Crippen molar-refractivity contribution in [3.05, 3.63) is 52.6 Å². The smallest absolute Gasteiger partial charge is 0.344 e. The van der Waals surface area contributed by atoms with Gasteiger partial charge < -0.3 is 27.8 Å².